The minimum atomic E-state index is -4.57. The summed E-state index contributed by atoms with van der Waals surface area (Å²) in [5.74, 6) is -1.29. The molecule has 0 atom stereocenters. The van der Waals surface area contributed by atoms with E-state index in [1.807, 2.05) is 0 Å². The number of alkyl halides is 3. The first-order chi connectivity index (χ1) is 9.77. The first kappa shape index (κ1) is 15.0. The quantitative estimate of drug-likeness (QED) is 0.886. The molecule has 2 aromatic rings. The molecule has 0 aliphatic carbocycles. The minimum Gasteiger partial charge on any atom is -0.322 e. The van der Waals surface area contributed by atoms with Gasteiger partial charge in [0.05, 0.1) is 5.69 Å². The molecular formula is C13H11F4N3O. The highest BCUT2D eigenvalue weighted by molar-refractivity contribution is 5.90. The van der Waals surface area contributed by atoms with Crippen molar-refractivity contribution in [1.29, 1.82) is 0 Å². The smallest absolute Gasteiger partial charge is 0.322 e. The molecule has 112 valence electrons. The van der Waals surface area contributed by atoms with Crippen molar-refractivity contribution in [3.63, 3.8) is 0 Å². The van der Waals surface area contributed by atoms with Crippen molar-refractivity contribution in [1.82, 2.24) is 9.78 Å². The number of nitrogens with one attached hydrogen (secondary N) is 1. The van der Waals surface area contributed by atoms with Crippen molar-refractivity contribution in [2.45, 2.75) is 19.6 Å². The van der Waals surface area contributed by atoms with E-state index >= 15 is 0 Å². The zero-order valence-corrected chi connectivity index (χ0v) is 10.9. The van der Waals surface area contributed by atoms with Crippen LogP contribution in [0, 0.1) is 12.7 Å². The van der Waals surface area contributed by atoms with E-state index in [1.54, 1.807) is 0 Å². The summed E-state index contributed by atoms with van der Waals surface area (Å²) in [6.07, 6.45) is -4.57. The maximum atomic E-state index is 13.3. The highest BCUT2D eigenvalue weighted by atomic mass is 19.4. The number of para-hydroxylation sites is 1. The molecule has 21 heavy (non-hydrogen) atoms. The number of aromatic nitrogens is 2. The van der Waals surface area contributed by atoms with Gasteiger partial charge in [-0.15, -0.1) is 0 Å². The number of halogens is 4. The fourth-order valence-corrected chi connectivity index (χ4v) is 1.70. The molecule has 4 nitrogen and oxygen atoms in total. The van der Waals surface area contributed by atoms with E-state index in [2.05, 4.69) is 10.4 Å². The summed E-state index contributed by atoms with van der Waals surface area (Å²) < 4.78 is 51.7. The second-order valence-corrected chi connectivity index (χ2v) is 4.35. The van der Waals surface area contributed by atoms with Crippen LogP contribution in [0.15, 0.2) is 30.3 Å². The molecule has 0 bridgehead atoms. The number of aryl methyl sites for hydroxylation is 1. The lowest BCUT2D eigenvalue weighted by molar-refractivity contribution is -0.141. The average molecular weight is 301 g/mol. The van der Waals surface area contributed by atoms with E-state index in [0.29, 0.717) is 0 Å². The molecule has 8 heteroatoms. The maximum Gasteiger partial charge on any atom is 0.435 e. The van der Waals surface area contributed by atoms with Crippen molar-refractivity contribution >= 4 is 11.6 Å². The van der Waals surface area contributed by atoms with Gasteiger partial charge < -0.3 is 5.32 Å². The van der Waals surface area contributed by atoms with Gasteiger partial charge in [0.2, 0.25) is 5.91 Å². The van der Waals surface area contributed by atoms with Gasteiger partial charge in [0.1, 0.15) is 12.4 Å². The topological polar surface area (TPSA) is 46.9 Å². The van der Waals surface area contributed by atoms with Crippen LogP contribution in [0.5, 0.6) is 0 Å². The highest BCUT2D eigenvalue weighted by Crippen LogP contribution is 2.28. The molecule has 0 radical (unpaired) electrons. The number of hydrogen-bond donors (Lipinski definition) is 1. The van der Waals surface area contributed by atoms with E-state index < -0.39 is 30.1 Å². The summed E-state index contributed by atoms with van der Waals surface area (Å²) in [5.41, 5.74) is -0.923. The lowest BCUT2D eigenvalue weighted by Crippen LogP contribution is -2.21. The third-order valence-corrected chi connectivity index (χ3v) is 2.71. The number of rotatable bonds is 3. The van der Waals surface area contributed by atoms with Crippen molar-refractivity contribution in [3.8, 4) is 0 Å². The molecule has 1 N–H and O–H groups in total. The average Bonchev–Trinajstić information content (AvgIpc) is 2.74. The SMILES string of the molecule is Cc1cc(C(F)(F)F)nn1CC(=O)Nc1ccccc1F. The van der Waals surface area contributed by atoms with Crippen molar-refractivity contribution in [2.75, 3.05) is 5.32 Å². The molecule has 1 heterocycles. The molecule has 1 amide bonds. The lowest BCUT2D eigenvalue weighted by atomic mass is 10.3. The molecule has 0 fully saturated rings. The number of nitrogens with zero attached hydrogens (tertiary/aromatic N) is 2. The lowest BCUT2D eigenvalue weighted by Gasteiger charge is -2.07. The molecule has 2 rings (SSSR count). The zero-order valence-electron chi connectivity index (χ0n) is 10.9. The number of carbonyl (C=O) groups excluding carboxylic acids is 1. The van der Waals surface area contributed by atoms with Crippen LogP contribution in [0.1, 0.15) is 11.4 Å². The van der Waals surface area contributed by atoms with Gasteiger partial charge in [-0.05, 0) is 25.1 Å². The van der Waals surface area contributed by atoms with Crippen molar-refractivity contribution < 1.29 is 22.4 Å². The molecule has 0 aliphatic heterocycles. The molecule has 1 aromatic heterocycles. The maximum absolute atomic E-state index is 13.3. The van der Waals surface area contributed by atoms with E-state index in [4.69, 9.17) is 0 Å². The first-order valence-electron chi connectivity index (χ1n) is 5.93. The predicted octanol–water partition coefficient (Wildman–Crippen LogP) is 2.99. The predicted molar refractivity (Wildman–Crippen MR) is 67.0 cm³/mol. The Morgan fingerprint density at radius 1 is 1.33 bits per heavy atom. The summed E-state index contributed by atoms with van der Waals surface area (Å²) >= 11 is 0. The van der Waals surface area contributed by atoms with Crippen LogP contribution >= 0.6 is 0 Å². The van der Waals surface area contributed by atoms with Crippen LogP contribution in [-0.4, -0.2) is 15.7 Å². The third-order valence-electron chi connectivity index (χ3n) is 2.71. The second-order valence-electron chi connectivity index (χ2n) is 4.35. The van der Waals surface area contributed by atoms with Crippen LogP contribution in [0.2, 0.25) is 0 Å². The first-order valence-corrected chi connectivity index (χ1v) is 5.93. The Bertz CT molecular complexity index is 664. The summed E-state index contributed by atoms with van der Waals surface area (Å²) in [6.45, 7) is 0.967. The molecule has 0 unspecified atom stereocenters. The minimum absolute atomic E-state index is 0.0386. The molecule has 0 spiro atoms. The van der Waals surface area contributed by atoms with Gasteiger partial charge in [-0.25, -0.2) is 4.39 Å². The van der Waals surface area contributed by atoms with Gasteiger partial charge >= 0.3 is 6.18 Å². The number of anilines is 1. The Balaban J connectivity index is 2.10. The molecule has 0 saturated heterocycles. The standard InChI is InChI=1S/C13H11F4N3O/c1-8-6-11(13(15,16)17)19-20(8)7-12(21)18-10-5-3-2-4-9(10)14/h2-6H,7H2,1H3,(H,18,21). The Hall–Kier alpha value is -2.38. The van der Waals surface area contributed by atoms with Crippen molar-refractivity contribution in [2.24, 2.45) is 0 Å². The second kappa shape index (κ2) is 5.55. The van der Waals surface area contributed by atoms with Crippen LogP contribution in [0.4, 0.5) is 23.2 Å². The Morgan fingerprint density at radius 3 is 2.57 bits per heavy atom. The van der Waals surface area contributed by atoms with Gasteiger partial charge in [-0.1, -0.05) is 12.1 Å². The zero-order chi connectivity index (χ0) is 15.6. The Morgan fingerprint density at radius 2 is 2.00 bits per heavy atom. The van der Waals surface area contributed by atoms with Crippen molar-refractivity contribution in [3.05, 3.63) is 47.5 Å². The summed E-state index contributed by atoms with van der Waals surface area (Å²) in [6, 6.07) is 6.34. The monoisotopic (exact) mass is 301 g/mol. The van der Waals surface area contributed by atoms with Crippen LogP contribution in [0.3, 0.4) is 0 Å². The normalized spacial score (nSPS) is 11.5. The number of hydrogen-bond acceptors (Lipinski definition) is 2. The van der Waals surface area contributed by atoms with E-state index in [9.17, 15) is 22.4 Å². The van der Waals surface area contributed by atoms with Gasteiger partial charge in [-0.2, -0.15) is 18.3 Å². The summed E-state index contributed by atoms with van der Waals surface area (Å²) in [4.78, 5) is 11.7. The molecule has 0 saturated carbocycles. The molecule has 0 aliphatic rings. The fourth-order valence-electron chi connectivity index (χ4n) is 1.70. The largest absolute Gasteiger partial charge is 0.435 e. The van der Waals surface area contributed by atoms with Gasteiger partial charge in [0.15, 0.2) is 5.69 Å². The highest BCUT2D eigenvalue weighted by Gasteiger charge is 2.34. The fraction of sp³-hybridized carbons (Fsp3) is 0.231. The van der Waals surface area contributed by atoms with Gasteiger partial charge in [0.25, 0.3) is 0 Å². The summed E-state index contributed by atoms with van der Waals surface area (Å²) in [7, 11) is 0. The van der Waals surface area contributed by atoms with Crippen LogP contribution < -0.4 is 5.32 Å². The summed E-state index contributed by atoms with van der Waals surface area (Å²) in [5, 5.41) is 5.60. The van der Waals surface area contributed by atoms with E-state index in [1.165, 1.54) is 25.1 Å². The third kappa shape index (κ3) is 3.59. The number of carbonyl (C=O) groups is 1. The van der Waals surface area contributed by atoms with Gasteiger partial charge in [0, 0.05) is 5.69 Å². The van der Waals surface area contributed by atoms with E-state index in [-0.39, 0.29) is 11.4 Å². The van der Waals surface area contributed by atoms with Crippen LogP contribution in [0.25, 0.3) is 0 Å². The van der Waals surface area contributed by atoms with E-state index in [0.717, 1.165) is 16.8 Å². The van der Waals surface area contributed by atoms with Crippen LogP contribution in [-0.2, 0) is 17.5 Å². The number of amides is 1. The molecular weight excluding hydrogens is 290 g/mol. The van der Waals surface area contributed by atoms with Gasteiger partial charge in [-0.3, -0.25) is 9.48 Å². The Kier molecular flexibility index (Phi) is 3.97. The number of benzene rings is 1. The molecule has 1 aromatic carbocycles. The Labute approximate surface area is 117 Å².